The Morgan fingerprint density at radius 3 is 2.91 bits per heavy atom. The quantitative estimate of drug-likeness (QED) is 0.609. The van der Waals surface area contributed by atoms with Crippen molar-refractivity contribution >= 4 is 5.97 Å². The van der Waals surface area contributed by atoms with E-state index in [1.165, 1.54) is 0 Å². The minimum atomic E-state index is -0.650. The molecule has 62 valence electrons. The van der Waals surface area contributed by atoms with E-state index in [-0.39, 0.29) is 17.3 Å². The molecule has 0 radical (unpaired) electrons. The third-order valence-corrected chi connectivity index (χ3v) is 3.20. The fourth-order valence-electron chi connectivity index (χ4n) is 2.24. The number of aliphatic carboxylic acids is 1. The number of hydrogen-bond acceptors (Lipinski definition) is 2. The summed E-state index contributed by atoms with van der Waals surface area (Å²) in [5, 5.41) is 8.79. The fraction of sp³-hybridized carbons (Fsp3) is 0.875. The lowest BCUT2D eigenvalue weighted by atomic mass is 10.00. The molecule has 0 amide bonds. The van der Waals surface area contributed by atoms with Gasteiger partial charge in [0.2, 0.25) is 0 Å². The summed E-state index contributed by atoms with van der Waals surface area (Å²) < 4.78 is 5.21. The second kappa shape index (κ2) is 1.97. The molecule has 3 atom stereocenters. The molecule has 2 fully saturated rings. The molecule has 1 heterocycles. The van der Waals surface area contributed by atoms with Crippen LogP contribution < -0.4 is 0 Å². The average Bonchev–Trinajstić information content (AvgIpc) is 2.54. The van der Waals surface area contributed by atoms with E-state index < -0.39 is 5.97 Å². The Hall–Kier alpha value is -0.570. The van der Waals surface area contributed by atoms with Gasteiger partial charge in [0.05, 0.1) is 12.5 Å². The van der Waals surface area contributed by atoms with Crippen LogP contribution in [0.25, 0.3) is 0 Å². The minimum absolute atomic E-state index is 0.0596. The molecule has 0 aromatic carbocycles. The maximum atomic E-state index is 10.7. The molecule has 1 aliphatic heterocycles. The maximum absolute atomic E-state index is 10.7. The number of fused-ring (bicyclic) bond motifs is 1. The molecule has 11 heavy (non-hydrogen) atoms. The van der Waals surface area contributed by atoms with Gasteiger partial charge in [-0.15, -0.1) is 0 Å². The van der Waals surface area contributed by atoms with Gasteiger partial charge in [0.1, 0.15) is 0 Å². The van der Waals surface area contributed by atoms with Gasteiger partial charge in [-0.25, -0.2) is 0 Å². The zero-order chi connectivity index (χ0) is 8.06. The standard InChI is InChI=1S/C8H12O3/c1-8-2-3-11-4-5(8)6(8)7(9)10/h5-6H,2-4H2,1H3,(H,9,10)/t5-,6+,8-/m1/s1. The Balaban J connectivity index is 2.12. The van der Waals surface area contributed by atoms with Gasteiger partial charge in [-0.1, -0.05) is 6.92 Å². The second-order valence-electron chi connectivity index (χ2n) is 3.75. The molecule has 0 spiro atoms. The molecular weight excluding hydrogens is 144 g/mol. The van der Waals surface area contributed by atoms with E-state index in [1.54, 1.807) is 0 Å². The molecule has 1 saturated heterocycles. The lowest BCUT2D eigenvalue weighted by Gasteiger charge is -2.16. The Bertz CT molecular complexity index is 202. The summed E-state index contributed by atoms with van der Waals surface area (Å²) in [5.74, 6) is -0.498. The average molecular weight is 156 g/mol. The Morgan fingerprint density at radius 1 is 1.73 bits per heavy atom. The summed E-state index contributed by atoms with van der Waals surface area (Å²) in [6.45, 7) is 3.43. The van der Waals surface area contributed by atoms with E-state index in [1.807, 2.05) is 0 Å². The SMILES string of the molecule is C[C@@]12CCOC[C@@H]1[C@H]2C(=O)O. The van der Waals surface area contributed by atoms with Gasteiger partial charge >= 0.3 is 5.97 Å². The van der Waals surface area contributed by atoms with Crippen LogP contribution in [0, 0.1) is 17.3 Å². The monoisotopic (exact) mass is 156 g/mol. The molecule has 1 aliphatic carbocycles. The molecule has 0 bridgehead atoms. The number of ether oxygens (including phenoxy) is 1. The first-order valence-electron chi connectivity index (χ1n) is 3.97. The van der Waals surface area contributed by atoms with Gasteiger partial charge < -0.3 is 9.84 Å². The Labute approximate surface area is 65.4 Å². The zero-order valence-corrected chi connectivity index (χ0v) is 6.54. The van der Waals surface area contributed by atoms with Crippen molar-refractivity contribution in [2.45, 2.75) is 13.3 Å². The fourth-order valence-corrected chi connectivity index (χ4v) is 2.24. The van der Waals surface area contributed by atoms with Gasteiger partial charge in [-0.3, -0.25) is 4.79 Å². The van der Waals surface area contributed by atoms with Crippen LogP contribution in [0.1, 0.15) is 13.3 Å². The summed E-state index contributed by atoms with van der Waals surface area (Å²) in [5.41, 5.74) is 0.0596. The number of rotatable bonds is 1. The summed E-state index contributed by atoms with van der Waals surface area (Å²) in [7, 11) is 0. The summed E-state index contributed by atoms with van der Waals surface area (Å²) in [6.07, 6.45) is 0.911. The van der Waals surface area contributed by atoms with Crippen LogP contribution in [0.4, 0.5) is 0 Å². The smallest absolute Gasteiger partial charge is 0.307 e. The number of carbonyl (C=O) groups is 1. The van der Waals surface area contributed by atoms with Gasteiger partial charge in [-0.05, 0) is 11.8 Å². The number of carboxylic acids is 1. The van der Waals surface area contributed by atoms with Crippen molar-refractivity contribution in [3.05, 3.63) is 0 Å². The molecule has 0 aromatic rings. The first-order chi connectivity index (χ1) is 5.16. The second-order valence-corrected chi connectivity index (χ2v) is 3.75. The number of carboxylic acid groups (broad SMARTS) is 1. The zero-order valence-electron chi connectivity index (χ0n) is 6.54. The van der Waals surface area contributed by atoms with Gasteiger partial charge in [0.15, 0.2) is 0 Å². The third-order valence-electron chi connectivity index (χ3n) is 3.20. The third kappa shape index (κ3) is 0.805. The molecule has 1 N–H and O–H groups in total. The van der Waals surface area contributed by atoms with Crippen LogP contribution in [0.2, 0.25) is 0 Å². The van der Waals surface area contributed by atoms with Crippen molar-refractivity contribution in [2.24, 2.45) is 17.3 Å². The normalized spacial score (nSPS) is 48.1. The highest BCUT2D eigenvalue weighted by molar-refractivity contribution is 5.75. The Kier molecular flexibility index (Phi) is 1.27. The predicted molar refractivity (Wildman–Crippen MR) is 38.2 cm³/mol. The van der Waals surface area contributed by atoms with E-state index in [0.29, 0.717) is 6.61 Å². The maximum Gasteiger partial charge on any atom is 0.307 e. The van der Waals surface area contributed by atoms with Gasteiger partial charge in [-0.2, -0.15) is 0 Å². The molecule has 1 saturated carbocycles. The van der Waals surface area contributed by atoms with Crippen molar-refractivity contribution in [1.82, 2.24) is 0 Å². The van der Waals surface area contributed by atoms with Gasteiger partial charge in [0.25, 0.3) is 0 Å². The van der Waals surface area contributed by atoms with E-state index in [4.69, 9.17) is 9.84 Å². The summed E-state index contributed by atoms with van der Waals surface area (Å²) >= 11 is 0. The number of hydrogen-bond donors (Lipinski definition) is 1. The van der Waals surface area contributed by atoms with Crippen molar-refractivity contribution in [3.63, 3.8) is 0 Å². The van der Waals surface area contributed by atoms with Crippen molar-refractivity contribution < 1.29 is 14.6 Å². The van der Waals surface area contributed by atoms with Crippen LogP contribution in [0.3, 0.4) is 0 Å². The topological polar surface area (TPSA) is 46.5 Å². The van der Waals surface area contributed by atoms with E-state index in [9.17, 15) is 4.79 Å². The van der Waals surface area contributed by atoms with Gasteiger partial charge in [0, 0.05) is 12.5 Å². The first-order valence-corrected chi connectivity index (χ1v) is 3.97. The van der Waals surface area contributed by atoms with E-state index >= 15 is 0 Å². The molecule has 0 unspecified atom stereocenters. The summed E-state index contributed by atoms with van der Waals surface area (Å²) in [4.78, 5) is 10.7. The molecule has 0 aromatic heterocycles. The lowest BCUT2D eigenvalue weighted by Crippen LogP contribution is -2.14. The molecule has 3 heteroatoms. The molecule has 2 aliphatic rings. The van der Waals surface area contributed by atoms with Crippen molar-refractivity contribution in [2.75, 3.05) is 13.2 Å². The highest BCUT2D eigenvalue weighted by atomic mass is 16.5. The predicted octanol–water partition coefficient (Wildman–Crippen LogP) is 0.744. The molecule has 2 rings (SSSR count). The lowest BCUT2D eigenvalue weighted by molar-refractivity contribution is -0.139. The first kappa shape index (κ1) is 7.10. The van der Waals surface area contributed by atoms with Crippen molar-refractivity contribution in [1.29, 1.82) is 0 Å². The van der Waals surface area contributed by atoms with Crippen LogP contribution in [-0.4, -0.2) is 24.3 Å². The highest BCUT2D eigenvalue weighted by Gasteiger charge is 2.65. The minimum Gasteiger partial charge on any atom is -0.481 e. The molecular formula is C8H12O3. The van der Waals surface area contributed by atoms with Crippen molar-refractivity contribution in [3.8, 4) is 0 Å². The summed E-state index contributed by atoms with van der Waals surface area (Å²) in [6, 6.07) is 0. The van der Waals surface area contributed by atoms with Crippen LogP contribution in [-0.2, 0) is 9.53 Å². The Morgan fingerprint density at radius 2 is 2.45 bits per heavy atom. The van der Waals surface area contributed by atoms with Crippen LogP contribution in [0.15, 0.2) is 0 Å². The molecule has 3 nitrogen and oxygen atoms in total. The highest BCUT2D eigenvalue weighted by Crippen LogP contribution is 2.62. The van der Waals surface area contributed by atoms with E-state index in [2.05, 4.69) is 6.92 Å². The van der Waals surface area contributed by atoms with Crippen LogP contribution in [0.5, 0.6) is 0 Å². The van der Waals surface area contributed by atoms with E-state index in [0.717, 1.165) is 13.0 Å². The van der Waals surface area contributed by atoms with Crippen LogP contribution >= 0.6 is 0 Å². The largest absolute Gasteiger partial charge is 0.481 e.